The van der Waals surface area contributed by atoms with Crippen LogP contribution in [0.4, 0.5) is 0 Å². The highest BCUT2D eigenvalue weighted by molar-refractivity contribution is 8.16. The molecule has 0 aromatic carbocycles. The predicted molar refractivity (Wildman–Crippen MR) is 176 cm³/mol. The van der Waals surface area contributed by atoms with Crippen molar-refractivity contribution in [2.24, 2.45) is 16.1 Å². The van der Waals surface area contributed by atoms with Gasteiger partial charge in [0.15, 0.2) is 0 Å². The normalized spacial score (nSPS) is 18.3. The van der Waals surface area contributed by atoms with Crippen molar-refractivity contribution in [1.82, 2.24) is 5.32 Å². The zero-order chi connectivity index (χ0) is 32.3. The van der Waals surface area contributed by atoms with Gasteiger partial charge in [-0.3, -0.25) is 9.79 Å². The predicted octanol–water partition coefficient (Wildman–Crippen LogP) is 6.95. The van der Waals surface area contributed by atoms with Crippen molar-refractivity contribution in [2.45, 2.75) is 117 Å². The molecule has 2 aliphatic rings. The molecule has 0 spiro atoms. The van der Waals surface area contributed by atoms with Crippen LogP contribution in [-0.4, -0.2) is 59.5 Å². The molecule has 11 nitrogen and oxygen atoms in total. The lowest BCUT2D eigenvalue weighted by Crippen LogP contribution is -2.37. The van der Waals surface area contributed by atoms with E-state index in [1.165, 1.54) is 17.8 Å². The molecule has 1 amide bonds. The number of unbranched alkanes of at least 4 members (excludes halogenated alkanes) is 1. The van der Waals surface area contributed by atoms with E-state index in [1.807, 2.05) is 55.4 Å². The molecule has 1 aromatic heterocycles. The molecule has 0 radical (unpaired) electrons. The second-order valence-electron chi connectivity index (χ2n) is 13.1. The molecular weight excluding hydrogens is 605 g/mol. The van der Waals surface area contributed by atoms with Crippen LogP contribution in [0.3, 0.4) is 0 Å². The fourth-order valence-corrected chi connectivity index (χ4v) is 6.19. The van der Waals surface area contributed by atoms with Crippen molar-refractivity contribution in [3.05, 3.63) is 28.3 Å². The number of carbonyl (C=O) groups is 1. The molecule has 0 saturated heterocycles. The zero-order valence-corrected chi connectivity index (χ0v) is 29.2. The van der Waals surface area contributed by atoms with Crippen molar-refractivity contribution in [1.29, 1.82) is 0 Å². The van der Waals surface area contributed by atoms with E-state index < -0.39 is 26.3 Å². The molecule has 13 heteroatoms. The maximum atomic E-state index is 13.1. The zero-order valence-electron chi connectivity index (χ0n) is 27.5. The summed E-state index contributed by atoms with van der Waals surface area (Å²) in [6.45, 7) is 17.2. The molecular formula is C31H50N3O8PS. The summed E-state index contributed by atoms with van der Waals surface area (Å²) in [6.07, 6.45) is 5.23. The van der Waals surface area contributed by atoms with Crippen molar-refractivity contribution >= 4 is 37.0 Å². The molecule has 1 aliphatic heterocycles. The molecule has 2 heterocycles. The average molecular weight is 656 g/mol. The van der Waals surface area contributed by atoms with Gasteiger partial charge >= 0.3 is 14.2 Å². The van der Waals surface area contributed by atoms with Crippen molar-refractivity contribution < 1.29 is 32.4 Å². The third-order valence-electron chi connectivity index (χ3n) is 6.17. The van der Waals surface area contributed by atoms with Crippen molar-refractivity contribution in [3.8, 4) is 5.75 Å². The van der Waals surface area contributed by atoms with E-state index >= 15 is 0 Å². The molecule has 1 aliphatic carbocycles. The van der Waals surface area contributed by atoms with Crippen LogP contribution < -0.4 is 15.7 Å². The summed E-state index contributed by atoms with van der Waals surface area (Å²) in [6, 6.07) is 2.04. The largest absolute Gasteiger partial charge is 0.493 e. The van der Waals surface area contributed by atoms with E-state index in [-0.39, 0.29) is 17.1 Å². The standard InChI is InChI=1S/C31H50N3O8PS/c1-9-12-24(26-17-23(18-27(35)40-26)37-19-22-13-14-22)32-28(36)25-20-44-29(33-25)21(2)34-38-15-10-11-16-39-43(41-30(3,4)5)42-31(6,7)8/h17-18,22,24-25H,9-16,19-20H2,1-8H3,(H,32,36)/b34-21+. The Morgan fingerprint density at radius 2 is 1.82 bits per heavy atom. The Labute approximate surface area is 267 Å². The highest BCUT2D eigenvalue weighted by atomic mass is 32.2. The molecule has 44 heavy (non-hydrogen) atoms. The monoisotopic (exact) mass is 655 g/mol. The van der Waals surface area contributed by atoms with Crippen LogP contribution in [0.15, 0.2) is 31.5 Å². The Kier molecular flexibility index (Phi) is 14.2. The van der Waals surface area contributed by atoms with Gasteiger partial charge in [0.2, 0.25) is 5.91 Å². The fraction of sp³-hybridized carbons (Fsp3) is 0.742. The van der Waals surface area contributed by atoms with Gasteiger partial charge in [-0.05, 0) is 86.5 Å². The maximum Gasteiger partial charge on any atom is 0.339 e. The van der Waals surface area contributed by atoms with E-state index in [4.69, 9.17) is 27.6 Å². The number of ether oxygens (including phenoxy) is 1. The second-order valence-corrected chi connectivity index (χ2v) is 15.1. The van der Waals surface area contributed by atoms with Gasteiger partial charge < -0.3 is 32.9 Å². The van der Waals surface area contributed by atoms with E-state index in [0.717, 1.165) is 32.1 Å². The number of amides is 1. The summed E-state index contributed by atoms with van der Waals surface area (Å²) < 4.78 is 29.0. The number of hydrogen-bond acceptors (Lipinski definition) is 11. The van der Waals surface area contributed by atoms with E-state index in [0.29, 0.717) is 60.2 Å². The van der Waals surface area contributed by atoms with Crippen LogP contribution in [-0.2, 0) is 23.2 Å². The Morgan fingerprint density at radius 3 is 2.45 bits per heavy atom. The summed E-state index contributed by atoms with van der Waals surface area (Å²) >= 11 is 1.47. The van der Waals surface area contributed by atoms with E-state index in [2.05, 4.69) is 15.5 Å². The van der Waals surface area contributed by atoms with Gasteiger partial charge in [-0.15, -0.1) is 11.8 Å². The molecule has 1 fully saturated rings. The summed E-state index contributed by atoms with van der Waals surface area (Å²) in [5.74, 6) is 1.70. The molecule has 1 aromatic rings. The Morgan fingerprint density at radius 1 is 1.14 bits per heavy atom. The second kappa shape index (κ2) is 17.1. The molecule has 0 bridgehead atoms. The fourth-order valence-electron chi connectivity index (χ4n) is 3.88. The van der Waals surface area contributed by atoms with Crippen molar-refractivity contribution in [3.63, 3.8) is 0 Å². The molecule has 1 saturated carbocycles. The highest BCUT2D eigenvalue weighted by Gasteiger charge is 2.30. The molecule has 248 valence electrons. The maximum absolute atomic E-state index is 13.1. The van der Waals surface area contributed by atoms with Crippen LogP contribution >= 0.6 is 20.4 Å². The summed E-state index contributed by atoms with van der Waals surface area (Å²) in [4.78, 5) is 35.4. The van der Waals surface area contributed by atoms with Gasteiger partial charge in [0, 0.05) is 11.8 Å². The molecule has 2 atom stereocenters. The van der Waals surface area contributed by atoms with Crippen LogP contribution in [0.2, 0.25) is 0 Å². The molecule has 1 N–H and O–H groups in total. The Bertz CT molecular complexity index is 1170. The average Bonchev–Trinajstić information content (AvgIpc) is 3.61. The quantitative estimate of drug-likeness (QED) is 0.0773. The van der Waals surface area contributed by atoms with Gasteiger partial charge in [-0.2, -0.15) is 0 Å². The number of carbonyl (C=O) groups excluding carboxylic acids is 1. The number of thioether (sulfide) groups is 1. The SMILES string of the molecule is CCCC(NC(=O)C1CSC(/C(C)=N/OCCCCOP(OC(C)(C)C)OC(C)(C)C)=N1)c1cc(OCC2CC2)cc(=O)o1. The number of nitrogens with zero attached hydrogens (tertiary/aromatic N) is 2. The van der Waals surface area contributed by atoms with Gasteiger partial charge in [-0.1, -0.05) is 18.5 Å². The summed E-state index contributed by atoms with van der Waals surface area (Å²) in [5.41, 5.74) is -0.595. The van der Waals surface area contributed by atoms with E-state index in [9.17, 15) is 9.59 Å². The summed E-state index contributed by atoms with van der Waals surface area (Å²) in [7, 11) is -1.46. The minimum atomic E-state index is -1.46. The van der Waals surface area contributed by atoms with E-state index in [1.54, 1.807) is 6.07 Å². The number of rotatable bonds is 18. The number of aliphatic imine (C=N–C) groups is 1. The third kappa shape index (κ3) is 14.0. The molecule has 2 unspecified atom stereocenters. The number of hydrogen-bond donors (Lipinski definition) is 1. The topological polar surface area (TPSA) is 130 Å². The van der Waals surface area contributed by atoms with Gasteiger partial charge in [0.1, 0.15) is 34.9 Å². The Balaban J connectivity index is 1.45. The minimum Gasteiger partial charge on any atom is -0.493 e. The highest BCUT2D eigenvalue weighted by Crippen LogP contribution is 2.47. The van der Waals surface area contributed by atoms with Gasteiger partial charge in [0.05, 0.1) is 36.5 Å². The first-order valence-electron chi connectivity index (χ1n) is 15.5. The first-order valence-corrected chi connectivity index (χ1v) is 17.6. The van der Waals surface area contributed by atoms with Crippen LogP contribution in [0.1, 0.15) is 106 Å². The van der Waals surface area contributed by atoms with Crippen LogP contribution in [0.25, 0.3) is 0 Å². The summed E-state index contributed by atoms with van der Waals surface area (Å²) in [5, 5.41) is 7.90. The van der Waals surface area contributed by atoms with Gasteiger partial charge in [-0.25, -0.2) is 4.79 Å². The smallest absolute Gasteiger partial charge is 0.339 e. The first-order chi connectivity index (χ1) is 20.7. The minimum absolute atomic E-state index is 0.225. The first kappa shape index (κ1) is 36.5. The lowest BCUT2D eigenvalue weighted by molar-refractivity contribution is -0.122. The number of nitrogens with one attached hydrogen (secondary N) is 1. The lowest BCUT2D eigenvalue weighted by Gasteiger charge is -2.30. The van der Waals surface area contributed by atoms with Crippen LogP contribution in [0.5, 0.6) is 5.75 Å². The van der Waals surface area contributed by atoms with Crippen LogP contribution in [0, 0.1) is 5.92 Å². The lowest BCUT2D eigenvalue weighted by atomic mass is 10.1. The molecule has 3 rings (SSSR count). The van der Waals surface area contributed by atoms with Gasteiger partial charge in [0.25, 0.3) is 0 Å². The third-order valence-corrected chi connectivity index (χ3v) is 9.11. The number of oxime groups is 1. The Hall–Kier alpha value is -1.98. The van der Waals surface area contributed by atoms with Crippen molar-refractivity contribution in [2.75, 3.05) is 25.6 Å².